The zero-order valence-corrected chi connectivity index (χ0v) is 11.8. The first kappa shape index (κ1) is 13.4. The quantitative estimate of drug-likeness (QED) is 0.835. The van der Waals surface area contributed by atoms with Gasteiger partial charge < -0.3 is 15.3 Å². The van der Waals surface area contributed by atoms with Crippen molar-refractivity contribution in [1.29, 1.82) is 0 Å². The van der Waals surface area contributed by atoms with Gasteiger partial charge in [-0.2, -0.15) is 5.10 Å². The Morgan fingerprint density at radius 2 is 2.00 bits per heavy atom. The molecule has 0 unspecified atom stereocenters. The Balaban J connectivity index is 2.23. The lowest BCUT2D eigenvalue weighted by Crippen LogP contribution is -2.43. The Morgan fingerprint density at radius 1 is 1.39 bits per heavy atom. The van der Waals surface area contributed by atoms with Crippen LogP contribution in [0.15, 0.2) is 0 Å². The van der Waals surface area contributed by atoms with Crippen LogP contribution in [0.2, 0.25) is 0 Å². The number of aliphatic hydroxyl groups is 1. The Kier molecular flexibility index (Phi) is 3.64. The number of hydrogen-bond acceptors (Lipinski definition) is 4. The first-order chi connectivity index (χ1) is 8.44. The molecule has 2 heterocycles. The lowest BCUT2D eigenvalue weighted by atomic mass is 9.93. The second-order valence-corrected chi connectivity index (χ2v) is 5.53. The summed E-state index contributed by atoms with van der Waals surface area (Å²) in [7, 11) is 3.95. The third kappa shape index (κ3) is 2.52. The average molecular weight is 252 g/mol. The highest BCUT2D eigenvalue weighted by Crippen LogP contribution is 2.29. The van der Waals surface area contributed by atoms with Gasteiger partial charge in [0, 0.05) is 32.2 Å². The van der Waals surface area contributed by atoms with Gasteiger partial charge in [-0.05, 0) is 33.7 Å². The van der Waals surface area contributed by atoms with Gasteiger partial charge in [-0.25, -0.2) is 0 Å². The van der Waals surface area contributed by atoms with E-state index in [1.807, 2.05) is 25.7 Å². The van der Waals surface area contributed by atoms with Crippen LogP contribution in [0.25, 0.3) is 0 Å². The van der Waals surface area contributed by atoms with Crippen LogP contribution in [0.1, 0.15) is 31.0 Å². The van der Waals surface area contributed by atoms with Crippen molar-refractivity contribution in [2.75, 3.05) is 25.0 Å². The van der Waals surface area contributed by atoms with E-state index in [4.69, 9.17) is 0 Å². The van der Waals surface area contributed by atoms with Crippen molar-refractivity contribution in [3.63, 3.8) is 0 Å². The van der Waals surface area contributed by atoms with E-state index in [0.29, 0.717) is 0 Å². The van der Waals surface area contributed by atoms with Crippen molar-refractivity contribution in [2.24, 2.45) is 7.05 Å². The smallest absolute Gasteiger partial charge is 0.131 e. The predicted molar refractivity (Wildman–Crippen MR) is 72.8 cm³/mol. The highest BCUT2D eigenvalue weighted by molar-refractivity contribution is 5.50. The van der Waals surface area contributed by atoms with E-state index in [-0.39, 0.29) is 0 Å². The lowest BCUT2D eigenvalue weighted by molar-refractivity contribution is 0.0348. The molecule has 1 saturated heterocycles. The fraction of sp³-hybridized carbons (Fsp3) is 0.769. The Bertz CT molecular complexity index is 415. The van der Waals surface area contributed by atoms with Crippen LogP contribution in [0, 0.1) is 6.92 Å². The summed E-state index contributed by atoms with van der Waals surface area (Å²) in [6, 6.07) is 0. The number of aromatic nitrogens is 2. The molecule has 0 aliphatic carbocycles. The predicted octanol–water partition coefficient (Wildman–Crippen LogP) is 0.799. The Labute approximate surface area is 109 Å². The SMILES string of the molecule is CNCc1c(C)nn(C)c1N1CCC(C)(O)CC1. The van der Waals surface area contributed by atoms with Gasteiger partial charge in [-0.15, -0.1) is 0 Å². The second kappa shape index (κ2) is 4.90. The van der Waals surface area contributed by atoms with Crippen molar-refractivity contribution in [3.8, 4) is 0 Å². The molecule has 0 atom stereocenters. The first-order valence-electron chi connectivity index (χ1n) is 6.59. The summed E-state index contributed by atoms with van der Waals surface area (Å²) in [6.07, 6.45) is 1.63. The molecule has 0 amide bonds. The molecule has 0 bridgehead atoms. The van der Waals surface area contributed by atoms with Crippen LogP contribution < -0.4 is 10.2 Å². The number of hydrogen-bond donors (Lipinski definition) is 2. The van der Waals surface area contributed by atoms with E-state index in [2.05, 4.69) is 22.2 Å². The number of nitrogens with one attached hydrogen (secondary N) is 1. The molecule has 2 N–H and O–H groups in total. The minimum atomic E-state index is -0.507. The molecule has 1 aliphatic rings. The van der Waals surface area contributed by atoms with E-state index in [1.54, 1.807) is 0 Å². The molecule has 0 spiro atoms. The summed E-state index contributed by atoms with van der Waals surface area (Å²) >= 11 is 0. The largest absolute Gasteiger partial charge is 0.390 e. The monoisotopic (exact) mass is 252 g/mol. The van der Waals surface area contributed by atoms with E-state index in [1.165, 1.54) is 11.4 Å². The van der Waals surface area contributed by atoms with Gasteiger partial charge in [0.1, 0.15) is 5.82 Å². The van der Waals surface area contributed by atoms with Crippen molar-refractivity contribution in [1.82, 2.24) is 15.1 Å². The molecule has 18 heavy (non-hydrogen) atoms. The van der Waals surface area contributed by atoms with E-state index in [0.717, 1.165) is 38.2 Å². The molecule has 5 nitrogen and oxygen atoms in total. The molecule has 1 aliphatic heterocycles. The zero-order chi connectivity index (χ0) is 13.3. The molecule has 1 aromatic rings. The summed E-state index contributed by atoms with van der Waals surface area (Å²) in [5.74, 6) is 1.19. The number of anilines is 1. The number of rotatable bonds is 3. The third-order valence-electron chi connectivity index (χ3n) is 3.81. The summed E-state index contributed by atoms with van der Waals surface area (Å²) in [6.45, 7) is 6.59. The number of nitrogens with zero attached hydrogens (tertiary/aromatic N) is 3. The van der Waals surface area contributed by atoms with E-state index in [9.17, 15) is 5.11 Å². The second-order valence-electron chi connectivity index (χ2n) is 5.53. The van der Waals surface area contributed by atoms with E-state index >= 15 is 0 Å². The molecule has 2 rings (SSSR count). The van der Waals surface area contributed by atoms with Gasteiger partial charge in [0.05, 0.1) is 11.3 Å². The molecular formula is C13H24N4O. The zero-order valence-electron chi connectivity index (χ0n) is 11.8. The maximum absolute atomic E-state index is 10.0. The molecule has 1 aromatic heterocycles. The van der Waals surface area contributed by atoms with Crippen molar-refractivity contribution < 1.29 is 5.11 Å². The van der Waals surface area contributed by atoms with Gasteiger partial charge in [-0.1, -0.05) is 0 Å². The molecule has 5 heteroatoms. The number of piperidine rings is 1. The van der Waals surface area contributed by atoms with Crippen LogP contribution in [-0.4, -0.2) is 40.6 Å². The maximum Gasteiger partial charge on any atom is 0.131 e. The summed E-state index contributed by atoms with van der Waals surface area (Å²) in [4.78, 5) is 2.34. The molecule has 102 valence electrons. The van der Waals surface area contributed by atoms with Crippen LogP contribution in [0.4, 0.5) is 5.82 Å². The Morgan fingerprint density at radius 3 is 2.56 bits per heavy atom. The minimum absolute atomic E-state index is 0.507. The normalized spacial score (nSPS) is 19.3. The van der Waals surface area contributed by atoms with Crippen LogP contribution in [0.3, 0.4) is 0 Å². The first-order valence-corrected chi connectivity index (χ1v) is 6.59. The molecule has 0 saturated carbocycles. The third-order valence-corrected chi connectivity index (χ3v) is 3.81. The minimum Gasteiger partial charge on any atom is -0.390 e. The van der Waals surface area contributed by atoms with Crippen molar-refractivity contribution >= 4 is 5.82 Å². The van der Waals surface area contributed by atoms with Crippen LogP contribution in [0.5, 0.6) is 0 Å². The highest BCUT2D eigenvalue weighted by Gasteiger charge is 2.30. The topological polar surface area (TPSA) is 53.3 Å². The molecular weight excluding hydrogens is 228 g/mol. The average Bonchev–Trinajstić information content (AvgIpc) is 2.56. The maximum atomic E-state index is 10.0. The molecule has 0 aromatic carbocycles. The van der Waals surface area contributed by atoms with Gasteiger partial charge in [0.2, 0.25) is 0 Å². The lowest BCUT2D eigenvalue weighted by Gasteiger charge is -2.37. The van der Waals surface area contributed by atoms with Crippen LogP contribution in [-0.2, 0) is 13.6 Å². The van der Waals surface area contributed by atoms with Gasteiger partial charge in [-0.3, -0.25) is 4.68 Å². The summed E-state index contributed by atoms with van der Waals surface area (Å²) in [5.41, 5.74) is 1.84. The highest BCUT2D eigenvalue weighted by atomic mass is 16.3. The summed E-state index contributed by atoms with van der Waals surface area (Å²) < 4.78 is 1.96. The number of aryl methyl sites for hydroxylation is 2. The fourth-order valence-electron chi connectivity index (χ4n) is 2.67. The standard InChI is InChI=1S/C13H24N4O/c1-10-11(9-14-3)12(16(4)15-10)17-7-5-13(2,18)6-8-17/h14,18H,5-9H2,1-4H3. The summed E-state index contributed by atoms with van der Waals surface area (Å²) in [5, 5.41) is 17.7. The molecule has 1 fully saturated rings. The fourth-order valence-corrected chi connectivity index (χ4v) is 2.67. The van der Waals surface area contributed by atoms with Crippen molar-refractivity contribution in [3.05, 3.63) is 11.3 Å². The van der Waals surface area contributed by atoms with E-state index < -0.39 is 5.60 Å². The van der Waals surface area contributed by atoms with Crippen molar-refractivity contribution in [2.45, 2.75) is 38.8 Å². The van der Waals surface area contributed by atoms with Gasteiger partial charge in [0.15, 0.2) is 0 Å². The molecule has 0 radical (unpaired) electrons. The van der Waals surface area contributed by atoms with Gasteiger partial charge in [0.25, 0.3) is 0 Å². The van der Waals surface area contributed by atoms with Crippen LogP contribution >= 0.6 is 0 Å². The van der Waals surface area contributed by atoms with Gasteiger partial charge >= 0.3 is 0 Å². The Hall–Kier alpha value is -1.07.